The Bertz CT molecular complexity index is 350. The highest BCUT2D eigenvalue weighted by atomic mass is 15.3. The minimum Gasteiger partial charge on any atom is -0.310 e. The number of hydrogen-bond acceptors (Lipinski definition) is 2. The molecule has 0 aromatic carbocycles. The van der Waals surface area contributed by atoms with Gasteiger partial charge in [0, 0.05) is 17.6 Å². The van der Waals surface area contributed by atoms with Gasteiger partial charge in [-0.2, -0.15) is 0 Å². The molecule has 5 aliphatic rings. The molecule has 4 bridgehead atoms. The van der Waals surface area contributed by atoms with Crippen LogP contribution in [-0.4, -0.2) is 35.6 Å². The van der Waals surface area contributed by atoms with E-state index < -0.39 is 0 Å². The summed E-state index contributed by atoms with van der Waals surface area (Å²) in [5.41, 5.74) is 0.996. The zero-order valence-corrected chi connectivity index (χ0v) is 14.2. The predicted octanol–water partition coefficient (Wildman–Crippen LogP) is 3.81. The summed E-state index contributed by atoms with van der Waals surface area (Å²) >= 11 is 0. The molecule has 2 heteroatoms. The lowest BCUT2D eigenvalue weighted by atomic mass is 9.52. The zero-order chi connectivity index (χ0) is 14.5. The Morgan fingerprint density at radius 3 is 2.05 bits per heavy atom. The van der Waals surface area contributed by atoms with E-state index in [-0.39, 0.29) is 0 Å². The molecular weight excluding hydrogens is 256 g/mol. The van der Waals surface area contributed by atoms with Gasteiger partial charge in [-0.25, -0.2) is 0 Å². The first kappa shape index (κ1) is 14.5. The van der Waals surface area contributed by atoms with Gasteiger partial charge < -0.3 is 5.32 Å². The third-order valence-electron chi connectivity index (χ3n) is 7.63. The van der Waals surface area contributed by atoms with Gasteiger partial charge in [0.15, 0.2) is 0 Å². The third kappa shape index (κ3) is 2.37. The lowest BCUT2D eigenvalue weighted by Crippen LogP contribution is -2.63. The fourth-order valence-electron chi connectivity index (χ4n) is 6.70. The van der Waals surface area contributed by atoms with Crippen molar-refractivity contribution in [3.63, 3.8) is 0 Å². The van der Waals surface area contributed by atoms with E-state index in [0.717, 1.165) is 17.8 Å². The van der Waals surface area contributed by atoms with Crippen LogP contribution in [-0.2, 0) is 0 Å². The molecule has 2 nitrogen and oxygen atoms in total. The van der Waals surface area contributed by atoms with Crippen molar-refractivity contribution < 1.29 is 0 Å². The fraction of sp³-hybridized carbons (Fsp3) is 1.00. The van der Waals surface area contributed by atoms with Gasteiger partial charge >= 0.3 is 0 Å². The van der Waals surface area contributed by atoms with Crippen LogP contribution < -0.4 is 5.32 Å². The first-order chi connectivity index (χ1) is 10.2. The van der Waals surface area contributed by atoms with Crippen molar-refractivity contribution in [2.24, 2.45) is 17.8 Å². The second-order valence-corrected chi connectivity index (χ2v) is 8.83. The lowest BCUT2D eigenvalue weighted by molar-refractivity contribution is -0.0937. The molecule has 1 saturated heterocycles. The molecule has 0 aromatic rings. The van der Waals surface area contributed by atoms with Crippen LogP contribution in [0, 0.1) is 17.8 Å². The van der Waals surface area contributed by atoms with Crippen LogP contribution in [0.2, 0.25) is 0 Å². The molecule has 0 atom stereocenters. The maximum Gasteiger partial charge on any atom is 0.0303 e. The summed E-state index contributed by atoms with van der Waals surface area (Å²) in [7, 11) is 0. The Morgan fingerprint density at radius 2 is 1.52 bits per heavy atom. The summed E-state index contributed by atoms with van der Waals surface area (Å²) in [6.07, 6.45) is 13.2. The quantitative estimate of drug-likeness (QED) is 0.850. The average Bonchev–Trinajstić information content (AvgIpc) is 2.69. The molecule has 120 valence electrons. The predicted molar refractivity (Wildman–Crippen MR) is 88.4 cm³/mol. The molecule has 5 rings (SSSR count). The molecule has 4 saturated carbocycles. The maximum absolute atomic E-state index is 3.91. The van der Waals surface area contributed by atoms with E-state index in [0.29, 0.717) is 11.1 Å². The van der Waals surface area contributed by atoms with E-state index in [2.05, 4.69) is 24.1 Å². The van der Waals surface area contributed by atoms with Crippen molar-refractivity contribution in [2.45, 2.75) is 82.7 Å². The number of hydrogen-bond donors (Lipinski definition) is 1. The Labute approximate surface area is 131 Å². The standard InChI is InChI=1S/C19H34N2/c1-3-18(4-2)14-21(7-5-6-20-18)19-11-15-8-16(12-19)10-17(9-15)13-19/h15-17,20H,3-14H2,1-2H3. The second-order valence-electron chi connectivity index (χ2n) is 8.83. The molecule has 5 fully saturated rings. The van der Waals surface area contributed by atoms with Gasteiger partial charge in [0.2, 0.25) is 0 Å². The summed E-state index contributed by atoms with van der Waals surface area (Å²) in [4.78, 5) is 2.99. The van der Waals surface area contributed by atoms with E-state index in [4.69, 9.17) is 0 Å². The highest BCUT2D eigenvalue weighted by Crippen LogP contribution is 2.58. The highest BCUT2D eigenvalue weighted by Gasteiger charge is 2.54. The van der Waals surface area contributed by atoms with Crippen LogP contribution in [0.5, 0.6) is 0 Å². The van der Waals surface area contributed by atoms with Gasteiger partial charge in [0.05, 0.1) is 0 Å². The fourth-order valence-corrected chi connectivity index (χ4v) is 6.70. The van der Waals surface area contributed by atoms with Gasteiger partial charge in [-0.15, -0.1) is 0 Å². The third-order valence-corrected chi connectivity index (χ3v) is 7.63. The van der Waals surface area contributed by atoms with Crippen LogP contribution >= 0.6 is 0 Å². The van der Waals surface area contributed by atoms with Crippen molar-refractivity contribution in [3.8, 4) is 0 Å². The number of nitrogens with zero attached hydrogens (tertiary/aromatic N) is 1. The van der Waals surface area contributed by atoms with E-state index in [9.17, 15) is 0 Å². The molecule has 0 spiro atoms. The van der Waals surface area contributed by atoms with Crippen molar-refractivity contribution in [2.75, 3.05) is 19.6 Å². The minimum absolute atomic E-state index is 0.389. The average molecular weight is 290 g/mol. The van der Waals surface area contributed by atoms with Crippen molar-refractivity contribution in [1.29, 1.82) is 0 Å². The van der Waals surface area contributed by atoms with Crippen molar-refractivity contribution in [3.05, 3.63) is 0 Å². The Hall–Kier alpha value is -0.0800. The summed E-state index contributed by atoms with van der Waals surface area (Å²) in [5.74, 6) is 3.22. The van der Waals surface area contributed by atoms with Crippen LogP contribution in [0.25, 0.3) is 0 Å². The number of nitrogens with one attached hydrogen (secondary N) is 1. The van der Waals surface area contributed by atoms with E-state index in [1.807, 2.05) is 0 Å². The van der Waals surface area contributed by atoms with Crippen LogP contribution in [0.4, 0.5) is 0 Å². The largest absolute Gasteiger partial charge is 0.310 e. The second kappa shape index (κ2) is 5.23. The van der Waals surface area contributed by atoms with Gasteiger partial charge in [-0.3, -0.25) is 4.90 Å². The molecule has 21 heavy (non-hydrogen) atoms. The molecule has 4 aliphatic carbocycles. The molecule has 0 unspecified atom stereocenters. The van der Waals surface area contributed by atoms with Gasteiger partial charge in [0.1, 0.15) is 0 Å². The minimum atomic E-state index is 0.389. The topological polar surface area (TPSA) is 15.3 Å². The highest BCUT2D eigenvalue weighted by molar-refractivity contribution is 5.09. The SMILES string of the molecule is CCC1(CC)CN(C23CC4CC(CC(C4)C2)C3)CCCN1. The first-order valence-corrected chi connectivity index (χ1v) is 9.67. The van der Waals surface area contributed by atoms with E-state index in [1.165, 1.54) is 58.2 Å². The molecule has 0 radical (unpaired) electrons. The Morgan fingerprint density at radius 1 is 0.952 bits per heavy atom. The van der Waals surface area contributed by atoms with E-state index >= 15 is 0 Å². The van der Waals surface area contributed by atoms with Crippen LogP contribution in [0.15, 0.2) is 0 Å². The van der Waals surface area contributed by atoms with Crippen LogP contribution in [0.1, 0.15) is 71.6 Å². The molecular formula is C19H34N2. The molecule has 1 N–H and O–H groups in total. The molecule has 0 amide bonds. The van der Waals surface area contributed by atoms with Crippen LogP contribution in [0.3, 0.4) is 0 Å². The molecule has 1 heterocycles. The summed E-state index contributed by atoms with van der Waals surface area (Å²) < 4.78 is 0. The maximum atomic E-state index is 3.91. The molecule has 0 aromatic heterocycles. The lowest BCUT2D eigenvalue weighted by Gasteiger charge is -2.61. The van der Waals surface area contributed by atoms with Gasteiger partial charge in [-0.1, -0.05) is 13.8 Å². The van der Waals surface area contributed by atoms with Crippen molar-refractivity contribution in [1.82, 2.24) is 10.2 Å². The monoisotopic (exact) mass is 290 g/mol. The summed E-state index contributed by atoms with van der Waals surface area (Å²) in [6, 6.07) is 0. The molecule has 1 aliphatic heterocycles. The Kier molecular flexibility index (Phi) is 3.61. The first-order valence-electron chi connectivity index (χ1n) is 9.67. The summed E-state index contributed by atoms with van der Waals surface area (Å²) in [6.45, 7) is 8.66. The van der Waals surface area contributed by atoms with Gasteiger partial charge in [0.25, 0.3) is 0 Å². The smallest absolute Gasteiger partial charge is 0.0303 e. The Balaban J connectivity index is 1.59. The van der Waals surface area contributed by atoms with Crippen molar-refractivity contribution >= 4 is 0 Å². The van der Waals surface area contributed by atoms with E-state index in [1.54, 1.807) is 19.3 Å². The van der Waals surface area contributed by atoms with Gasteiger partial charge in [-0.05, 0) is 88.6 Å². The number of rotatable bonds is 3. The summed E-state index contributed by atoms with van der Waals surface area (Å²) in [5, 5.41) is 3.91. The normalized spacial score (nSPS) is 45.7. The zero-order valence-electron chi connectivity index (χ0n) is 14.2.